The molecule has 1 fully saturated rings. The summed E-state index contributed by atoms with van der Waals surface area (Å²) in [5.74, 6) is 1.22. The lowest BCUT2D eigenvalue weighted by Gasteiger charge is -2.32. The number of carbonyl (C=O) groups excluding carboxylic acids is 1. The number of piperidine rings is 1. The monoisotopic (exact) mass is 458 g/mol. The zero-order valence-electron chi connectivity index (χ0n) is 18.4. The molecular formula is C24H24BClN6O. The van der Waals surface area contributed by atoms with Crippen LogP contribution in [0.25, 0.3) is 5.65 Å². The average molecular weight is 459 g/mol. The predicted molar refractivity (Wildman–Crippen MR) is 132 cm³/mol. The Labute approximate surface area is 198 Å². The number of hydrogen-bond acceptors (Lipinski definition) is 5. The lowest BCUT2D eigenvalue weighted by atomic mass is 9.92. The predicted octanol–water partition coefficient (Wildman–Crippen LogP) is 2.67. The standard InChI is InChI=1S/C24H24BClN6O/c25-20-15-29-32-22(28-14-16-3-2-8-27-13-16)12-21(30-23(20)32)17-6-9-31(10-7-17)24(33)18-4-1-5-19(26)11-18/h1-5,8,11-13,15,17,28H,6-7,9-10,14,25H2. The Bertz CT molecular complexity index is 1290. The average Bonchev–Trinajstić information content (AvgIpc) is 3.23. The highest BCUT2D eigenvalue weighted by molar-refractivity contribution is 6.36. The normalized spacial score (nSPS) is 14.5. The van der Waals surface area contributed by atoms with Crippen LogP contribution >= 0.6 is 11.6 Å². The quantitative estimate of drug-likeness (QED) is 0.465. The number of carbonyl (C=O) groups is 1. The molecule has 0 aliphatic carbocycles. The van der Waals surface area contributed by atoms with E-state index in [1.165, 1.54) is 0 Å². The maximum absolute atomic E-state index is 12.9. The van der Waals surface area contributed by atoms with Crippen LogP contribution in [0.2, 0.25) is 5.02 Å². The minimum Gasteiger partial charge on any atom is -0.366 e. The van der Waals surface area contributed by atoms with Crippen molar-refractivity contribution in [2.75, 3.05) is 18.4 Å². The molecule has 166 valence electrons. The van der Waals surface area contributed by atoms with E-state index in [0.717, 1.165) is 41.0 Å². The fraction of sp³-hybridized carbons (Fsp3) is 0.250. The number of hydrogen-bond donors (Lipinski definition) is 1. The first-order chi connectivity index (χ1) is 16.1. The highest BCUT2D eigenvalue weighted by atomic mass is 35.5. The number of rotatable bonds is 5. The van der Waals surface area contributed by atoms with Gasteiger partial charge in [0.15, 0.2) is 5.65 Å². The van der Waals surface area contributed by atoms with Crippen LogP contribution in [-0.4, -0.2) is 51.3 Å². The SMILES string of the molecule is Bc1cnn2c(NCc3cccnc3)cc(C3CCN(C(=O)c4cccc(Cl)c4)CC3)nc12. The lowest BCUT2D eigenvalue weighted by Crippen LogP contribution is -2.38. The summed E-state index contributed by atoms with van der Waals surface area (Å²) in [7, 11) is 2.02. The number of likely N-dealkylation sites (tertiary alicyclic amines) is 1. The van der Waals surface area contributed by atoms with Gasteiger partial charge >= 0.3 is 0 Å². The highest BCUT2D eigenvalue weighted by Crippen LogP contribution is 2.29. The zero-order valence-corrected chi connectivity index (χ0v) is 19.2. The van der Waals surface area contributed by atoms with Gasteiger partial charge in [-0.05, 0) is 48.1 Å². The molecule has 7 nitrogen and oxygen atoms in total. The molecule has 1 aliphatic rings. The van der Waals surface area contributed by atoms with Gasteiger partial charge in [0.25, 0.3) is 5.91 Å². The van der Waals surface area contributed by atoms with E-state index in [1.807, 2.05) is 53.9 Å². The van der Waals surface area contributed by atoms with Crippen molar-refractivity contribution in [3.8, 4) is 0 Å². The summed E-state index contributed by atoms with van der Waals surface area (Å²) < 4.78 is 1.85. The van der Waals surface area contributed by atoms with Crippen LogP contribution in [0.1, 0.15) is 40.4 Å². The first kappa shape index (κ1) is 21.5. The summed E-state index contributed by atoms with van der Waals surface area (Å²) in [6, 6.07) is 13.2. The molecule has 9 heteroatoms. The van der Waals surface area contributed by atoms with Gasteiger partial charge in [0, 0.05) is 66.5 Å². The summed E-state index contributed by atoms with van der Waals surface area (Å²) in [4.78, 5) is 23.9. The largest absolute Gasteiger partial charge is 0.366 e. The van der Waals surface area contributed by atoms with E-state index in [1.54, 1.807) is 18.3 Å². The van der Waals surface area contributed by atoms with Gasteiger partial charge in [-0.15, -0.1) is 0 Å². The molecule has 5 rings (SSSR count). The number of amides is 1. The summed E-state index contributed by atoms with van der Waals surface area (Å²) >= 11 is 6.07. The number of fused-ring (bicyclic) bond motifs is 1. The van der Waals surface area contributed by atoms with Gasteiger partial charge in [0.05, 0.1) is 0 Å². The molecule has 0 bridgehead atoms. The van der Waals surface area contributed by atoms with Crippen LogP contribution in [0.4, 0.5) is 5.82 Å². The van der Waals surface area contributed by atoms with Gasteiger partial charge < -0.3 is 10.2 Å². The van der Waals surface area contributed by atoms with Crippen LogP contribution in [-0.2, 0) is 6.54 Å². The molecule has 4 heterocycles. The summed E-state index contributed by atoms with van der Waals surface area (Å²) in [5.41, 5.74) is 4.67. The molecule has 4 aromatic rings. The van der Waals surface area contributed by atoms with Gasteiger partial charge in [-0.25, -0.2) is 4.98 Å². The third kappa shape index (κ3) is 4.57. The first-order valence-corrected chi connectivity index (χ1v) is 11.5. The number of nitrogens with one attached hydrogen (secondary N) is 1. The minimum absolute atomic E-state index is 0.0322. The van der Waals surface area contributed by atoms with E-state index in [2.05, 4.69) is 21.5 Å². The molecule has 3 aromatic heterocycles. The number of anilines is 1. The Hall–Kier alpha value is -3.39. The number of aromatic nitrogens is 4. The topological polar surface area (TPSA) is 75.4 Å². The second-order valence-corrected chi connectivity index (χ2v) is 8.86. The molecule has 1 N–H and O–H groups in total. The lowest BCUT2D eigenvalue weighted by molar-refractivity contribution is 0.0712. The fourth-order valence-electron chi connectivity index (χ4n) is 4.30. The minimum atomic E-state index is 0.0322. The van der Waals surface area contributed by atoms with Gasteiger partial charge in [-0.2, -0.15) is 9.61 Å². The van der Waals surface area contributed by atoms with E-state index in [9.17, 15) is 4.79 Å². The molecule has 33 heavy (non-hydrogen) atoms. The van der Waals surface area contributed by atoms with E-state index >= 15 is 0 Å². The van der Waals surface area contributed by atoms with Gasteiger partial charge in [-0.3, -0.25) is 9.78 Å². The number of nitrogens with zero attached hydrogens (tertiary/aromatic N) is 5. The van der Waals surface area contributed by atoms with Crippen LogP contribution in [0.5, 0.6) is 0 Å². The first-order valence-electron chi connectivity index (χ1n) is 11.1. The number of benzene rings is 1. The fourth-order valence-corrected chi connectivity index (χ4v) is 4.49. The van der Waals surface area contributed by atoms with Crippen molar-refractivity contribution in [1.29, 1.82) is 0 Å². The number of pyridine rings is 1. The zero-order chi connectivity index (χ0) is 22.8. The van der Waals surface area contributed by atoms with Gasteiger partial charge in [-0.1, -0.05) is 23.7 Å². The third-order valence-electron chi connectivity index (χ3n) is 6.14. The molecule has 0 saturated carbocycles. The number of halogens is 1. The highest BCUT2D eigenvalue weighted by Gasteiger charge is 2.26. The van der Waals surface area contributed by atoms with E-state index in [4.69, 9.17) is 16.6 Å². The van der Waals surface area contributed by atoms with Crippen LogP contribution in [0.15, 0.2) is 61.1 Å². The van der Waals surface area contributed by atoms with Crippen molar-refractivity contribution < 1.29 is 4.79 Å². The van der Waals surface area contributed by atoms with Crippen molar-refractivity contribution >= 4 is 42.3 Å². The molecule has 0 radical (unpaired) electrons. The van der Waals surface area contributed by atoms with Crippen LogP contribution < -0.4 is 10.8 Å². The van der Waals surface area contributed by atoms with E-state index in [0.29, 0.717) is 30.2 Å². The Kier molecular flexibility index (Phi) is 6.00. The van der Waals surface area contributed by atoms with Crippen molar-refractivity contribution in [3.63, 3.8) is 0 Å². The Morgan fingerprint density at radius 3 is 2.76 bits per heavy atom. The van der Waals surface area contributed by atoms with E-state index < -0.39 is 0 Å². The molecule has 1 saturated heterocycles. The molecule has 1 amide bonds. The smallest absolute Gasteiger partial charge is 0.253 e. The second-order valence-electron chi connectivity index (χ2n) is 8.42. The van der Waals surface area contributed by atoms with Gasteiger partial charge in [0.2, 0.25) is 0 Å². The van der Waals surface area contributed by atoms with Crippen LogP contribution in [0.3, 0.4) is 0 Å². The van der Waals surface area contributed by atoms with Gasteiger partial charge in [0.1, 0.15) is 13.7 Å². The van der Waals surface area contributed by atoms with Crippen LogP contribution in [0, 0.1) is 0 Å². The Morgan fingerprint density at radius 1 is 1.15 bits per heavy atom. The maximum Gasteiger partial charge on any atom is 0.253 e. The summed E-state index contributed by atoms with van der Waals surface area (Å²) in [5, 5.41) is 8.58. The van der Waals surface area contributed by atoms with Crippen molar-refractivity contribution in [2.45, 2.75) is 25.3 Å². The Balaban J connectivity index is 1.33. The van der Waals surface area contributed by atoms with Crippen molar-refractivity contribution in [3.05, 3.63) is 82.9 Å². The molecule has 1 aromatic carbocycles. The summed E-state index contributed by atoms with van der Waals surface area (Å²) in [6.45, 7) is 2.04. The molecule has 0 unspecified atom stereocenters. The molecule has 0 spiro atoms. The molecule has 1 aliphatic heterocycles. The maximum atomic E-state index is 12.9. The van der Waals surface area contributed by atoms with Crippen molar-refractivity contribution in [1.82, 2.24) is 24.5 Å². The second kappa shape index (κ2) is 9.23. The molecule has 0 atom stereocenters. The molecular weight excluding hydrogens is 435 g/mol. The summed E-state index contributed by atoms with van der Waals surface area (Å²) in [6.07, 6.45) is 7.20. The van der Waals surface area contributed by atoms with E-state index in [-0.39, 0.29) is 11.8 Å². The van der Waals surface area contributed by atoms with Crippen molar-refractivity contribution in [2.24, 2.45) is 0 Å². The Morgan fingerprint density at radius 2 is 2.00 bits per heavy atom. The third-order valence-corrected chi connectivity index (χ3v) is 6.37.